The Labute approximate surface area is 148 Å². The predicted molar refractivity (Wildman–Crippen MR) is 96.7 cm³/mol. The molecule has 2 amide bonds. The molecule has 0 bridgehead atoms. The van der Waals surface area contributed by atoms with Crippen LogP contribution in [0.5, 0.6) is 0 Å². The zero-order valence-electron chi connectivity index (χ0n) is 14.3. The van der Waals surface area contributed by atoms with Crippen LogP contribution in [0.4, 0.5) is 9.18 Å². The molecular weight excluding hydrogens is 317 g/mol. The third-order valence-corrected chi connectivity index (χ3v) is 4.51. The highest BCUT2D eigenvalue weighted by molar-refractivity contribution is 5.73. The van der Waals surface area contributed by atoms with Gasteiger partial charge < -0.3 is 10.6 Å². The van der Waals surface area contributed by atoms with Crippen LogP contribution in [0, 0.1) is 5.82 Å². The third kappa shape index (κ3) is 5.29. The fourth-order valence-corrected chi connectivity index (χ4v) is 3.10. The summed E-state index contributed by atoms with van der Waals surface area (Å²) >= 11 is 0. The van der Waals surface area contributed by atoms with E-state index in [-0.39, 0.29) is 11.8 Å². The van der Waals surface area contributed by atoms with E-state index in [1.165, 1.54) is 23.3 Å². The second-order valence-electron chi connectivity index (χ2n) is 6.38. The number of nitrogens with zero attached hydrogens (tertiary/aromatic N) is 1. The Morgan fingerprint density at radius 2 is 1.80 bits per heavy atom. The van der Waals surface area contributed by atoms with Crippen molar-refractivity contribution in [2.75, 3.05) is 19.6 Å². The Kier molecular flexibility index (Phi) is 6.01. The van der Waals surface area contributed by atoms with Gasteiger partial charge in [0.1, 0.15) is 5.82 Å². The second kappa shape index (κ2) is 8.62. The zero-order chi connectivity index (χ0) is 17.5. The van der Waals surface area contributed by atoms with Crippen LogP contribution in [0.1, 0.15) is 23.1 Å². The fraction of sp³-hybridized carbons (Fsp3) is 0.350. The molecule has 2 aromatic carbocycles. The SMILES string of the molecule is O=C(NCCCN1CCc2ccccc2C1)NCc1ccc(F)cc1. The van der Waals surface area contributed by atoms with Gasteiger partial charge in [0.25, 0.3) is 0 Å². The maximum absolute atomic E-state index is 12.8. The summed E-state index contributed by atoms with van der Waals surface area (Å²) in [5, 5.41) is 5.66. The van der Waals surface area contributed by atoms with E-state index in [1.807, 2.05) is 0 Å². The molecule has 0 aromatic heterocycles. The molecule has 25 heavy (non-hydrogen) atoms. The molecule has 2 aromatic rings. The minimum Gasteiger partial charge on any atom is -0.338 e. The smallest absolute Gasteiger partial charge is 0.315 e. The maximum atomic E-state index is 12.8. The average Bonchev–Trinajstić information content (AvgIpc) is 2.64. The summed E-state index contributed by atoms with van der Waals surface area (Å²) in [6, 6.07) is 14.5. The highest BCUT2D eigenvalue weighted by Crippen LogP contribution is 2.18. The zero-order valence-corrected chi connectivity index (χ0v) is 14.3. The molecule has 0 fully saturated rings. The molecule has 1 heterocycles. The Morgan fingerprint density at radius 3 is 2.60 bits per heavy atom. The van der Waals surface area contributed by atoms with Gasteiger partial charge >= 0.3 is 6.03 Å². The molecule has 0 atom stereocenters. The highest BCUT2D eigenvalue weighted by Gasteiger charge is 2.14. The Bertz CT molecular complexity index is 702. The van der Waals surface area contributed by atoms with Gasteiger partial charge in [0.05, 0.1) is 0 Å². The summed E-state index contributed by atoms with van der Waals surface area (Å²) in [5.41, 5.74) is 3.75. The lowest BCUT2D eigenvalue weighted by molar-refractivity contribution is 0.234. The fourth-order valence-electron chi connectivity index (χ4n) is 3.10. The quantitative estimate of drug-likeness (QED) is 0.793. The molecular formula is C20H24FN3O. The van der Waals surface area contributed by atoms with Crippen LogP contribution in [-0.4, -0.2) is 30.6 Å². The van der Waals surface area contributed by atoms with Crippen molar-refractivity contribution in [2.24, 2.45) is 0 Å². The molecule has 0 spiro atoms. The summed E-state index contributed by atoms with van der Waals surface area (Å²) < 4.78 is 12.8. The van der Waals surface area contributed by atoms with E-state index in [0.29, 0.717) is 13.1 Å². The summed E-state index contributed by atoms with van der Waals surface area (Å²) in [5.74, 6) is -0.270. The first-order valence-electron chi connectivity index (χ1n) is 8.76. The van der Waals surface area contributed by atoms with E-state index in [2.05, 4.69) is 39.8 Å². The van der Waals surface area contributed by atoms with Crippen LogP contribution in [0.2, 0.25) is 0 Å². The standard InChI is InChI=1S/C20H24FN3O/c21-19-8-6-16(7-9-19)14-23-20(25)22-11-3-12-24-13-10-17-4-1-2-5-18(17)15-24/h1-2,4-9H,3,10-15H2,(H2,22,23,25). The molecule has 0 saturated heterocycles. The number of hydrogen-bond donors (Lipinski definition) is 2. The van der Waals surface area contributed by atoms with Gasteiger partial charge in [-0.2, -0.15) is 0 Å². The van der Waals surface area contributed by atoms with Crippen LogP contribution < -0.4 is 10.6 Å². The largest absolute Gasteiger partial charge is 0.338 e. The molecule has 0 radical (unpaired) electrons. The second-order valence-corrected chi connectivity index (χ2v) is 6.38. The summed E-state index contributed by atoms with van der Waals surface area (Å²) in [6.45, 7) is 4.09. The molecule has 1 aliphatic rings. The van der Waals surface area contributed by atoms with Crippen LogP contribution >= 0.6 is 0 Å². The first kappa shape index (κ1) is 17.4. The number of urea groups is 1. The molecule has 2 N–H and O–H groups in total. The number of carbonyl (C=O) groups is 1. The monoisotopic (exact) mass is 341 g/mol. The summed E-state index contributed by atoms with van der Waals surface area (Å²) in [4.78, 5) is 14.2. The molecule has 4 nitrogen and oxygen atoms in total. The van der Waals surface area contributed by atoms with Gasteiger partial charge in [-0.25, -0.2) is 9.18 Å². The van der Waals surface area contributed by atoms with Gasteiger partial charge in [0.15, 0.2) is 0 Å². The number of halogens is 1. The van der Waals surface area contributed by atoms with Gasteiger partial charge in [0.2, 0.25) is 0 Å². The molecule has 0 aliphatic carbocycles. The number of hydrogen-bond acceptors (Lipinski definition) is 2. The van der Waals surface area contributed by atoms with E-state index in [0.717, 1.165) is 38.0 Å². The minimum absolute atomic E-state index is 0.187. The lowest BCUT2D eigenvalue weighted by atomic mass is 10.00. The van der Waals surface area contributed by atoms with E-state index in [9.17, 15) is 9.18 Å². The molecule has 132 valence electrons. The van der Waals surface area contributed by atoms with E-state index in [4.69, 9.17) is 0 Å². The van der Waals surface area contributed by atoms with E-state index >= 15 is 0 Å². The van der Waals surface area contributed by atoms with Crippen molar-refractivity contribution in [3.05, 3.63) is 71.0 Å². The van der Waals surface area contributed by atoms with Crippen molar-refractivity contribution in [2.45, 2.75) is 25.9 Å². The van der Waals surface area contributed by atoms with Crippen molar-refractivity contribution < 1.29 is 9.18 Å². The summed E-state index contributed by atoms with van der Waals surface area (Å²) in [6.07, 6.45) is 2.02. The van der Waals surface area contributed by atoms with Crippen LogP contribution in [0.15, 0.2) is 48.5 Å². The number of amides is 2. The predicted octanol–water partition coefficient (Wildman–Crippen LogP) is 3.07. The lowest BCUT2D eigenvalue weighted by Crippen LogP contribution is -2.37. The maximum Gasteiger partial charge on any atom is 0.315 e. The Balaban J connectivity index is 1.31. The number of rotatable bonds is 6. The summed E-state index contributed by atoms with van der Waals surface area (Å²) in [7, 11) is 0. The minimum atomic E-state index is -0.270. The Hall–Kier alpha value is -2.40. The topological polar surface area (TPSA) is 44.4 Å². The normalized spacial score (nSPS) is 14.0. The van der Waals surface area contributed by atoms with Gasteiger partial charge in [-0.1, -0.05) is 36.4 Å². The van der Waals surface area contributed by atoms with Gasteiger partial charge in [0, 0.05) is 32.7 Å². The van der Waals surface area contributed by atoms with Crippen LogP contribution in [0.25, 0.3) is 0 Å². The van der Waals surface area contributed by atoms with Gasteiger partial charge in [-0.05, 0) is 41.7 Å². The molecule has 0 unspecified atom stereocenters. The van der Waals surface area contributed by atoms with Crippen molar-refractivity contribution in [1.29, 1.82) is 0 Å². The van der Waals surface area contributed by atoms with Crippen molar-refractivity contribution >= 4 is 6.03 Å². The molecule has 1 aliphatic heterocycles. The van der Waals surface area contributed by atoms with Crippen molar-refractivity contribution in [3.8, 4) is 0 Å². The van der Waals surface area contributed by atoms with Crippen LogP contribution in [0.3, 0.4) is 0 Å². The first-order valence-corrected chi connectivity index (χ1v) is 8.76. The Morgan fingerprint density at radius 1 is 1.04 bits per heavy atom. The molecule has 0 saturated carbocycles. The van der Waals surface area contributed by atoms with Crippen molar-refractivity contribution in [3.63, 3.8) is 0 Å². The van der Waals surface area contributed by atoms with E-state index in [1.54, 1.807) is 12.1 Å². The lowest BCUT2D eigenvalue weighted by Gasteiger charge is -2.28. The highest BCUT2D eigenvalue weighted by atomic mass is 19.1. The van der Waals surface area contributed by atoms with Crippen LogP contribution in [-0.2, 0) is 19.5 Å². The number of nitrogens with one attached hydrogen (secondary N) is 2. The van der Waals surface area contributed by atoms with Gasteiger partial charge in [-0.3, -0.25) is 4.90 Å². The van der Waals surface area contributed by atoms with Gasteiger partial charge in [-0.15, -0.1) is 0 Å². The third-order valence-electron chi connectivity index (χ3n) is 4.51. The number of carbonyl (C=O) groups excluding carboxylic acids is 1. The number of fused-ring (bicyclic) bond motifs is 1. The van der Waals surface area contributed by atoms with E-state index < -0.39 is 0 Å². The molecule has 5 heteroatoms. The first-order chi connectivity index (χ1) is 12.2. The number of benzene rings is 2. The molecule has 3 rings (SSSR count). The van der Waals surface area contributed by atoms with Crippen molar-refractivity contribution in [1.82, 2.24) is 15.5 Å². The average molecular weight is 341 g/mol.